The summed E-state index contributed by atoms with van der Waals surface area (Å²) < 4.78 is 0. The summed E-state index contributed by atoms with van der Waals surface area (Å²) in [6, 6.07) is 8.47. The van der Waals surface area contributed by atoms with Crippen molar-refractivity contribution in [3.63, 3.8) is 0 Å². The van der Waals surface area contributed by atoms with Gasteiger partial charge in [-0.1, -0.05) is 18.9 Å². The third kappa shape index (κ3) is 1.87. The second kappa shape index (κ2) is 4.24. The fourth-order valence-electron chi connectivity index (χ4n) is 2.20. The Morgan fingerprint density at radius 3 is 2.73 bits per heavy atom. The number of nitriles is 1. The van der Waals surface area contributed by atoms with Gasteiger partial charge in [-0.05, 0) is 31.2 Å². The van der Waals surface area contributed by atoms with Gasteiger partial charge < -0.3 is 0 Å². The lowest BCUT2D eigenvalue weighted by Gasteiger charge is -2.19. The number of hydrogen-bond donors (Lipinski definition) is 0. The fourth-order valence-corrected chi connectivity index (χ4v) is 2.60. The third-order valence-electron chi connectivity index (χ3n) is 3.09. The van der Waals surface area contributed by atoms with Crippen LogP contribution in [0, 0.1) is 11.3 Å². The number of aromatic nitrogens is 1. The summed E-state index contributed by atoms with van der Waals surface area (Å²) in [6.07, 6.45) is 6.25. The van der Waals surface area contributed by atoms with Gasteiger partial charge in [0.05, 0.1) is 22.2 Å². The van der Waals surface area contributed by atoms with Crippen molar-refractivity contribution in [3.8, 4) is 6.07 Å². The fraction of sp³-hybridized carbons (Fsp3) is 0.500. The van der Waals surface area contributed by atoms with Crippen LogP contribution < -0.4 is 0 Å². The minimum absolute atomic E-state index is 0.300. The average Bonchev–Trinajstić information content (AvgIpc) is 2.79. The second-order valence-corrected chi connectivity index (χ2v) is 4.79. The van der Waals surface area contributed by atoms with Gasteiger partial charge in [-0.3, -0.25) is 0 Å². The molecule has 1 fully saturated rings. The van der Waals surface area contributed by atoms with E-state index < -0.39 is 0 Å². The van der Waals surface area contributed by atoms with Gasteiger partial charge in [0.25, 0.3) is 0 Å². The van der Waals surface area contributed by atoms with Crippen LogP contribution in [0.4, 0.5) is 0 Å². The molecule has 1 saturated carbocycles. The van der Waals surface area contributed by atoms with E-state index in [1.54, 1.807) is 11.8 Å². The largest absolute Gasteiger partial charge is 0.245 e. The molecule has 0 aliphatic heterocycles. The Morgan fingerprint density at radius 1 is 1.40 bits per heavy atom. The van der Waals surface area contributed by atoms with Gasteiger partial charge in [0.15, 0.2) is 0 Å². The van der Waals surface area contributed by atoms with E-state index >= 15 is 0 Å². The molecule has 0 radical (unpaired) electrons. The Bertz CT molecular complexity index is 389. The molecular formula is C12H14N2S. The zero-order valence-electron chi connectivity index (χ0n) is 8.86. The molecule has 1 aliphatic rings. The standard InChI is InChI=1S/C12H14N2S/c1-15-11-6-4-5-10(14-11)12(9-13)7-2-3-8-12/h4-6H,2-3,7-8H2,1H3. The van der Waals surface area contributed by atoms with Crippen molar-refractivity contribution in [2.24, 2.45) is 0 Å². The molecule has 78 valence electrons. The maximum Gasteiger partial charge on any atom is 0.0993 e. The van der Waals surface area contributed by atoms with Crippen LogP contribution in [0.2, 0.25) is 0 Å². The molecule has 1 aromatic heterocycles. The van der Waals surface area contributed by atoms with E-state index in [9.17, 15) is 5.26 Å². The Labute approximate surface area is 94.7 Å². The third-order valence-corrected chi connectivity index (χ3v) is 3.74. The van der Waals surface area contributed by atoms with E-state index in [1.165, 1.54) is 0 Å². The van der Waals surface area contributed by atoms with Crippen molar-refractivity contribution in [3.05, 3.63) is 23.9 Å². The molecule has 0 aromatic carbocycles. The first-order chi connectivity index (χ1) is 7.30. The molecule has 0 unspecified atom stereocenters. The van der Waals surface area contributed by atoms with E-state index in [-0.39, 0.29) is 5.41 Å². The molecule has 0 atom stereocenters. The lowest BCUT2D eigenvalue weighted by Crippen LogP contribution is -2.21. The molecule has 0 N–H and O–H groups in total. The SMILES string of the molecule is CSc1cccc(C2(C#N)CCCC2)n1. The van der Waals surface area contributed by atoms with Crippen LogP contribution in [0.3, 0.4) is 0 Å². The average molecular weight is 218 g/mol. The highest BCUT2D eigenvalue weighted by Gasteiger charge is 2.37. The summed E-state index contributed by atoms with van der Waals surface area (Å²) in [5.74, 6) is 0. The smallest absolute Gasteiger partial charge is 0.0993 e. The Balaban J connectivity index is 2.39. The Morgan fingerprint density at radius 2 is 2.13 bits per heavy atom. The van der Waals surface area contributed by atoms with E-state index in [2.05, 4.69) is 11.1 Å². The first-order valence-electron chi connectivity index (χ1n) is 5.23. The van der Waals surface area contributed by atoms with Gasteiger partial charge in [-0.25, -0.2) is 4.98 Å². The zero-order chi connectivity index (χ0) is 10.7. The molecule has 0 spiro atoms. The molecule has 1 heterocycles. The first kappa shape index (κ1) is 10.5. The van der Waals surface area contributed by atoms with Crippen molar-refractivity contribution < 1.29 is 0 Å². The molecule has 3 heteroatoms. The van der Waals surface area contributed by atoms with Crippen molar-refractivity contribution in [2.75, 3.05) is 6.26 Å². The van der Waals surface area contributed by atoms with Crippen LogP contribution in [0.5, 0.6) is 0 Å². The van der Waals surface area contributed by atoms with Crippen LogP contribution in [0.1, 0.15) is 31.4 Å². The quantitative estimate of drug-likeness (QED) is 0.715. The van der Waals surface area contributed by atoms with Gasteiger partial charge in [0.2, 0.25) is 0 Å². The van der Waals surface area contributed by atoms with Crippen LogP contribution in [0.25, 0.3) is 0 Å². The number of hydrogen-bond acceptors (Lipinski definition) is 3. The summed E-state index contributed by atoms with van der Waals surface area (Å²) >= 11 is 1.63. The van der Waals surface area contributed by atoms with Crippen molar-refractivity contribution >= 4 is 11.8 Å². The van der Waals surface area contributed by atoms with E-state index in [0.717, 1.165) is 36.4 Å². The molecule has 0 amide bonds. The maximum absolute atomic E-state index is 9.34. The summed E-state index contributed by atoms with van der Waals surface area (Å²) in [4.78, 5) is 4.56. The van der Waals surface area contributed by atoms with Gasteiger partial charge in [-0.2, -0.15) is 5.26 Å². The Kier molecular flexibility index (Phi) is 2.97. The minimum atomic E-state index is -0.300. The summed E-state index contributed by atoms with van der Waals surface area (Å²) in [5, 5.41) is 10.3. The molecule has 2 nitrogen and oxygen atoms in total. The van der Waals surface area contributed by atoms with Crippen molar-refractivity contribution in [1.82, 2.24) is 4.98 Å². The highest BCUT2D eigenvalue weighted by molar-refractivity contribution is 7.98. The number of pyridine rings is 1. The summed E-state index contributed by atoms with van der Waals surface area (Å²) in [6.45, 7) is 0. The topological polar surface area (TPSA) is 36.7 Å². The second-order valence-electron chi connectivity index (χ2n) is 3.97. The molecule has 0 bridgehead atoms. The van der Waals surface area contributed by atoms with Crippen LogP contribution in [-0.2, 0) is 5.41 Å². The monoisotopic (exact) mass is 218 g/mol. The van der Waals surface area contributed by atoms with E-state index in [0.29, 0.717) is 0 Å². The highest BCUT2D eigenvalue weighted by Crippen LogP contribution is 2.39. The van der Waals surface area contributed by atoms with Crippen LogP contribution in [0.15, 0.2) is 23.2 Å². The molecular weight excluding hydrogens is 204 g/mol. The zero-order valence-corrected chi connectivity index (χ0v) is 9.68. The van der Waals surface area contributed by atoms with Gasteiger partial charge in [0, 0.05) is 0 Å². The van der Waals surface area contributed by atoms with Crippen molar-refractivity contribution in [1.29, 1.82) is 5.26 Å². The molecule has 0 saturated heterocycles. The molecule has 1 aliphatic carbocycles. The Hall–Kier alpha value is -1.01. The molecule has 1 aromatic rings. The van der Waals surface area contributed by atoms with Gasteiger partial charge in [0.1, 0.15) is 0 Å². The van der Waals surface area contributed by atoms with Gasteiger partial charge in [-0.15, -0.1) is 11.8 Å². The summed E-state index contributed by atoms with van der Waals surface area (Å²) in [5.41, 5.74) is 0.667. The van der Waals surface area contributed by atoms with Crippen molar-refractivity contribution in [2.45, 2.75) is 36.1 Å². The lowest BCUT2D eigenvalue weighted by molar-refractivity contribution is 0.549. The number of rotatable bonds is 2. The van der Waals surface area contributed by atoms with Crippen LogP contribution in [-0.4, -0.2) is 11.2 Å². The van der Waals surface area contributed by atoms with E-state index in [4.69, 9.17) is 0 Å². The maximum atomic E-state index is 9.34. The number of thioether (sulfide) groups is 1. The lowest BCUT2D eigenvalue weighted by atomic mass is 9.84. The predicted molar refractivity (Wildman–Crippen MR) is 61.8 cm³/mol. The van der Waals surface area contributed by atoms with Crippen LogP contribution >= 0.6 is 11.8 Å². The highest BCUT2D eigenvalue weighted by atomic mass is 32.2. The first-order valence-corrected chi connectivity index (χ1v) is 6.46. The van der Waals surface area contributed by atoms with E-state index in [1.807, 2.05) is 24.5 Å². The van der Waals surface area contributed by atoms with Gasteiger partial charge >= 0.3 is 0 Å². The molecule has 2 rings (SSSR count). The molecule has 15 heavy (non-hydrogen) atoms. The number of nitrogens with zero attached hydrogens (tertiary/aromatic N) is 2. The minimum Gasteiger partial charge on any atom is -0.245 e. The predicted octanol–water partition coefficient (Wildman–Crippen LogP) is 3.14. The normalized spacial score (nSPS) is 18.7. The summed E-state index contributed by atoms with van der Waals surface area (Å²) in [7, 11) is 0.